The Labute approximate surface area is 102 Å². The fourth-order valence-electron chi connectivity index (χ4n) is 2.50. The molecule has 1 N–H and O–H groups in total. The van der Waals surface area contributed by atoms with Gasteiger partial charge in [0, 0.05) is 11.9 Å². The van der Waals surface area contributed by atoms with Crippen LogP contribution in [0.4, 0.5) is 0 Å². The first kappa shape index (κ1) is 12.1. The van der Waals surface area contributed by atoms with Crippen molar-refractivity contribution in [3.05, 3.63) is 16.1 Å². The fraction of sp³-hybridized carbons (Fsp3) is 0.769. The maximum atomic E-state index is 4.60. The van der Waals surface area contributed by atoms with E-state index in [1.54, 1.807) is 11.3 Å². The molecule has 1 aliphatic rings. The normalized spacial score (nSPS) is 18.4. The van der Waals surface area contributed by atoms with Crippen LogP contribution in [-0.2, 0) is 6.42 Å². The summed E-state index contributed by atoms with van der Waals surface area (Å²) in [5.74, 6) is 0. The van der Waals surface area contributed by atoms with Crippen molar-refractivity contribution in [2.75, 3.05) is 13.1 Å². The standard InChI is InChI=1S/C13H22N2S/c1-3-7-14-10-13(5-4-6-13)8-12-9-16-11(2)15-12/h9,14H,3-8,10H2,1-2H3. The zero-order valence-electron chi connectivity index (χ0n) is 10.4. The zero-order chi connectivity index (χ0) is 11.4. The Kier molecular flexibility index (Phi) is 3.98. The van der Waals surface area contributed by atoms with Crippen LogP contribution in [0.25, 0.3) is 0 Å². The summed E-state index contributed by atoms with van der Waals surface area (Å²) >= 11 is 1.78. The molecule has 0 amide bonds. The van der Waals surface area contributed by atoms with Crippen molar-refractivity contribution in [1.82, 2.24) is 10.3 Å². The first-order valence-corrected chi connectivity index (χ1v) is 7.24. The summed E-state index contributed by atoms with van der Waals surface area (Å²) in [7, 11) is 0. The van der Waals surface area contributed by atoms with E-state index in [4.69, 9.17) is 0 Å². The van der Waals surface area contributed by atoms with Crippen LogP contribution in [0.5, 0.6) is 0 Å². The lowest BCUT2D eigenvalue weighted by atomic mass is 9.66. The van der Waals surface area contributed by atoms with Gasteiger partial charge in [0.05, 0.1) is 10.7 Å². The average molecular weight is 238 g/mol. The monoisotopic (exact) mass is 238 g/mol. The smallest absolute Gasteiger partial charge is 0.0897 e. The third-order valence-electron chi connectivity index (χ3n) is 3.56. The van der Waals surface area contributed by atoms with Gasteiger partial charge in [-0.3, -0.25) is 0 Å². The maximum Gasteiger partial charge on any atom is 0.0897 e. The molecule has 0 radical (unpaired) electrons. The SMILES string of the molecule is CCCNCC1(Cc2csc(C)n2)CCC1. The molecule has 0 saturated heterocycles. The predicted molar refractivity (Wildman–Crippen MR) is 70.0 cm³/mol. The number of rotatable bonds is 6. The summed E-state index contributed by atoms with van der Waals surface area (Å²) < 4.78 is 0. The van der Waals surface area contributed by atoms with Gasteiger partial charge >= 0.3 is 0 Å². The van der Waals surface area contributed by atoms with Crippen molar-refractivity contribution in [3.63, 3.8) is 0 Å². The van der Waals surface area contributed by atoms with Crippen molar-refractivity contribution in [1.29, 1.82) is 0 Å². The molecule has 1 fully saturated rings. The van der Waals surface area contributed by atoms with E-state index < -0.39 is 0 Å². The molecular formula is C13H22N2S. The van der Waals surface area contributed by atoms with Gasteiger partial charge in [-0.2, -0.15) is 0 Å². The molecule has 1 aliphatic carbocycles. The van der Waals surface area contributed by atoms with Crippen LogP contribution in [0.15, 0.2) is 5.38 Å². The van der Waals surface area contributed by atoms with Gasteiger partial charge in [0.1, 0.15) is 0 Å². The summed E-state index contributed by atoms with van der Waals surface area (Å²) in [6, 6.07) is 0. The molecule has 0 atom stereocenters. The molecule has 0 aromatic carbocycles. The minimum absolute atomic E-state index is 0.523. The Morgan fingerprint density at radius 1 is 1.50 bits per heavy atom. The molecule has 1 aromatic heterocycles. The van der Waals surface area contributed by atoms with Gasteiger partial charge in [-0.05, 0) is 44.6 Å². The largest absolute Gasteiger partial charge is 0.316 e. The summed E-state index contributed by atoms with van der Waals surface area (Å²) in [4.78, 5) is 4.60. The van der Waals surface area contributed by atoms with Crippen LogP contribution in [-0.4, -0.2) is 18.1 Å². The van der Waals surface area contributed by atoms with E-state index in [0.717, 1.165) is 6.54 Å². The van der Waals surface area contributed by atoms with E-state index in [-0.39, 0.29) is 0 Å². The number of nitrogens with zero attached hydrogens (tertiary/aromatic N) is 1. The summed E-state index contributed by atoms with van der Waals surface area (Å²) in [5.41, 5.74) is 1.83. The molecule has 2 rings (SSSR count). The van der Waals surface area contributed by atoms with Crippen molar-refractivity contribution in [2.24, 2.45) is 5.41 Å². The third kappa shape index (κ3) is 2.83. The first-order valence-electron chi connectivity index (χ1n) is 6.36. The molecule has 2 nitrogen and oxygen atoms in total. The van der Waals surface area contributed by atoms with E-state index in [1.807, 2.05) is 0 Å². The average Bonchev–Trinajstić information content (AvgIpc) is 2.60. The molecule has 16 heavy (non-hydrogen) atoms. The van der Waals surface area contributed by atoms with E-state index in [9.17, 15) is 0 Å². The van der Waals surface area contributed by atoms with Crippen molar-refractivity contribution in [3.8, 4) is 0 Å². The minimum atomic E-state index is 0.523. The van der Waals surface area contributed by atoms with Crippen LogP contribution in [0.1, 0.15) is 43.3 Å². The van der Waals surface area contributed by atoms with Crippen LogP contribution < -0.4 is 5.32 Å². The number of aryl methyl sites for hydroxylation is 1. The van der Waals surface area contributed by atoms with E-state index in [1.165, 1.54) is 49.4 Å². The lowest BCUT2D eigenvalue weighted by Gasteiger charge is -2.42. The summed E-state index contributed by atoms with van der Waals surface area (Å²) in [5, 5.41) is 7.01. The number of aromatic nitrogens is 1. The Morgan fingerprint density at radius 3 is 2.81 bits per heavy atom. The minimum Gasteiger partial charge on any atom is -0.316 e. The van der Waals surface area contributed by atoms with Crippen LogP contribution in [0.2, 0.25) is 0 Å². The molecule has 3 heteroatoms. The second-order valence-corrected chi connectivity index (χ2v) is 6.13. The second kappa shape index (κ2) is 5.28. The molecule has 0 spiro atoms. The molecule has 1 saturated carbocycles. The van der Waals surface area contributed by atoms with Gasteiger partial charge in [0.2, 0.25) is 0 Å². The lowest BCUT2D eigenvalue weighted by molar-refractivity contribution is 0.129. The van der Waals surface area contributed by atoms with Gasteiger partial charge in [0.15, 0.2) is 0 Å². The molecule has 0 bridgehead atoms. The topological polar surface area (TPSA) is 24.9 Å². The van der Waals surface area contributed by atoms with Gasteiger partial charge in [-0.15, -0.1) is 11.3 Å². The quantitative estimate of drug-likeness (QED) is 0.770. The van der Waals surface area contributed by atoms with Crippen molar-refractivity contribution >= 4 is 11.3 Å². The molecular weight excluding hydrogens is 216 g/mol. The number of thiazole rings is 1. The van der Waals surface area contributed by atoms with Gasteiger partial charge in [-0.1, -0.05) is 13.3 Å². The molecule has 0 unspecified atom stereocenters. The van der Waals surface area contributed by atoms with Crippen LogP contribution in [0, 0.1) is 12.3 Å². The van der Waals surface area contributed by atoms with Crippen LogP contribution >= 0.6 is 11.3 Å². The molecule has 1 heterocycles. The second-order valence-electron chi connectivity index (χ2n) is 5.06. The van der Waals surface area contributed by atoms with E-state index in [2.05, 4.69) is 29.5 Å². The highest BCUT2D eigenvalue weighted by Gasteiger charge is 2.36. The van der Waals surface area contributed by atoms with Crippen molar-refractivity contribution < 1.29 is 0 Å². The predicted octanol–water partition coefficient (Wildman–Crippen LogP) is 3.16. The van der Waals surface area contributed by atoms with Gasteiger partial charge < -0.3 is 5.32 Å². The summed E-state index contributed by atoms with van der Waals surface area (Å²) in [6.45, 7) is 6.65. The number of nitrogens with one attached hydrogen (secondary N) is 1. The first-order chi connectivity index (χ1) is 7.74. The van der Waals surface area contributed by atoms with Crippen LogP contribution in [0.3, 0.4) is 0 Å². The number of hydrogen-bond acceptors (Lipinski definition) is 3. The summed E-state index contributed by atoms with van der Waals surface area (Å²) in [6.07, 6.45) is 6.55. The fourth-order valence-corrected chi connectivity index (χ4v) is 3.11. The Balaban J connectivity index is 1.89. The van der Waals surface area contributed by atoms with E-state index >= 15 is 0 Å². The van der Waals surface area contributed by atoms with Gasteiger partial charge in [-0.25, -0.2) is 4.98 Å². The highest BCUT2D eigenvalue weighted by atomic mass is 32.1. The lowest BCUT2D eigenvalue weighted by Crippen LogP contribution is -2.42. The Hall–Kier alpha value is -0.410. The van der Waals surface area contributed by atoms with E-state index in [0.29, 0.717) is 5.41 Å². The van der Waals surface area contributed by atoms with Crippen molar-refractivity contribution in [2.45, 2.75) is 46.0 Å². The molecule has 1 aromatic rings. The van der Waals surface area contributed by atoms with Gasteiger partial charge in [0.25, 0.3) is 0 Å². The zero-order valence-corrected chi connectivity index (χ0v) is 11.2. The highest BCUT2D eigenvalue weighted by molar-refractivity contribution is 7.09. The third-order valence-corrected chi connectivity index (χ3v) is 4.39. The molecule has 0 aliphatic heterocycles. The Bertz CT molecular complexity index is 328. The number of hydrogen-bond donors (Lipinski definition) is 1. The highest BCUT2D eigenvalue weighted by Crippen LogP contribution is 2.43. The Morgan fingerprint density at radius 2 is 2.31 bits per heavy atom. The molecule has 90 valence electrons. The maximum absolute atomic E-state index is 4.60.